The van der Waals surface area contributed by atoms with Gasteiger partial charge in [0.2, 0.25) is 0 Å². The minimum absolute atomic E-state index is 0.137. The molecule has 0 aliphatic heterocycles. The average Bonchev–Trinajstić information content (AvgIpc) is 2.38. The van der Waals surface area contributed by atoms with Crippen molar-refractivity contribution in [3.05, 3.63) is 29.8 Å². The summed E-state index contributed by atoms with van der Waals surface area (Å²) in [6.45, 7) is 3.65. The van der Waals surface area contributed by atoms with E-state index in [1.807, 2.05) is 31.2 Å². The van der Waals surface area contributed by atoms with Crippen LogP contribution < -0.4 is 4.74 Å². The van der Waals surface area contributed by atoms with Crippen LogP contribution in [-0.4, -0.2) is 22.9 Å². The molecule has 3 nitrogen and oxygen atoms in total. The highest BCUT2D eigenvalue weighted by Gasteiger charge is 2.46. The normalized spacial score (nSPS) is 30.7. The molecule has 1 aromatic rings. The van der Waals surface area contributed by atoms with E-state index in [9.17, 15) is 10.2 Å². The molecule has 1 saturated carbocycles. The highest BCUT2D eigenvalue weighted by molar-refractivity contribution is 5.31. The second kappa shape index (κ2) is 5.14. The summed E-state index contributed by atoms with van der Waals surface area (Å²) in [6.07, 6.45) is 3.70. The van der Waals surface area contributed by atoms with Crippen LogP contribution in [-0.2, 0) is 5.60 Å². The largest absolute Gasteiger partial charge is 0.497 e. The van der Waals surface area contributed by atoms with Crippen molar-refractivity contribution in [3.63, 3.8) is 0 Å². The Kier molecular flexibility index (Phi) is 3.88. The number of benzene rings is 1. The van der Waals surface area contributed by atoms with Gasteiger partial charge < -0.3 is 14.9 Å². The van der Waals surface area contributed by atoms with Crippen molar-refractivity contribution in [2.24, 2.45) is 5.92 Å². The number of methoxy groups -OCH3 is 1. The maximum atomic E-state index is 10.9. The van der Waals surface area contributed by atoms with Crippen molar-refractivity contribution in [3.8, 4) is 5.75 Å². The molecule has 3 heteroatoms. The van der Waals surface area contributed by atoms with Gasteiger partial charge in [-0.1, -0.05) is 25.0 Å². The SMILES string of the molecule is COc1ccc([C@](C)(O)[C@@H]2CCCC[C@@]2(C)O)cc1. The fraction of sp³-hybridized carbons (Fsp3) is 0.625. The quantitative estimate of drug-likeness (QED) is 0.882. The Morgan fingerprint density at radius 2 is 1.89 bits per heavy atom. The van der Waals surface area contributed by atoms with Crippen LogP contribution in [0.4, 0.5) is 0 Å². The van der Waals surface area contributed by atoms with Gasteiger partial charge in [-0.25, -0.2) is 0 Å². The first-order valence-corrected chi connectivity index (χ1v) is 6.97. The first-order chi connectivity index (χ1) is 8.88. The molecule has 0 saturated heterocycles. The van der Waals surface area contributed by atoms with E-state index in [4.69, 9.17) is 4.74 Å². The Morgan fingerprint density at radius 1 is 1.26 bits per heavy atom. The summed E-state index contributed by atoms with van der Waals surface area (Å²) < 4.78 is 5.14. The summed E-state index contributed by atoms with van der Waals surface area (Å²) in [5.41, 5.74) is -0.988. The molecule has 2 rings (SSSR count). The summed E-state index contributed by atoms with van der Waals surface area (Å²) in [4.78, 5) is 0. The third-order valence-corrected chi connectivity index (χ3v) is 4.53. The van der Waals surface area contributed by atoms with E-state index >= 15 is 0 Å². The standard InChI is InChI=1S/C16H24O3/c1-15(17)11-5-4-6-14(15)16(2,18)12-7-9-13(19-3)10-8-12/h7-10,14,17-18H,4-6,11H2,1-3H3/t14-,15-,16+/m1/s1. The van der Waals surface area contributed by atoms with Crippen molar-refractivity contribution in [1.82, 2.24) is 0 Å². The van der Waals surface area contributed by atoms with Gasteiger partial charge in [0.05, 0.1) is 18.3 Å². The van der Waals surface area contributed by atoms with Crippen molar-refractivity contribution in [1.29, 1.82) is 0 Å². The van der Waals surface area contributed by atoms with Gasteiger partial charge in [0.25, 0.3) is 0 Å². The van der Waals surface area contributed by atoms with Crippen LogP contribution in [0, 0.1) is 5.92 Å². The molecule has 1 fully saturated rings. The van der Waals surface area contributed by atoms with Crippen LogP contribution in [0.2, 0.25) is 0 Å². The molecule has 0 spiro atoms. The van der Waals surface area contributed by atoms with E-state index in [-0.39, 0.29) is 5.92 Å². The van der Waals surface area contributed by atoms with Crippen LogP contribution in [0.5, 0.6) is 5.75 Å². The summed E-state index contributed by atoms with van der Waals surface area (Å²) in [6, 6.07) is 7.45. The molecule has 106 valence electrons. The Morgan fingerprint density at radius 3 is 2.42 bits per heavy atom. The van der Waals surface area contributed by atoms with Crippen molar-refractivity contribution in [2.75, 3.05) is 7.11 Å². The Hall–Kier alpha value is -1.06. The molecular weight excluding hydrogens is 240 g/mol. The molecule has 0 radical (unpaired) electrons. The molecule has 3 atom stereocenters. The van der Waals surface area contributed by atoms with Gasteiger partial charge in [-0.2, -0.15) is 0 Å². The van der Waals surface area contributed by atoms with E-state index in [1.165, 1.54) is 0 Å². The zero-order chi connectivity index (χ0) is 14.1. The zero-order valence-electron chi connectivity index (χ0n) is 12.0. The van der Waals surface area contributed by atoms with Crippen molar-refractivity contribution >= 4 is 0 Å². The zero-order valence-corrected chi connectivity index (χ0v) is 12.0. The minimum atomic E-state index is -1.02. The Bertz CT molecular complexity index is 420. The van der Waals surface area contributed by atoms with Crippen LogP contribution >= 0.6 is 0 Å². The lowest BCUT2D eigenvalue weighted by atomic mass is 9.66. The van der Waals surface area contributed by atoms with Gasteiger partial charge in [-0.05, 0) is 44.4 Å². The Balaban J connectivity index is 2.29. The van der Waals surface area contributed by atoms with E-state index in [0.29, 0.717) is 0 Å². The number of rotatable bonds is 3. The topological polar surface area (TPSA) is 49.7 Å². The number of aliphatic hydroxyl groups is 2. The number of hydrogen-bond acceptors (Lipinski definition) is 3. The first kappa shape index (κ1) is 14.4. The van der Waals surface area contributed by atoms with Crippen molar-refractivity contribution in [2.45, 2.75) is 50.7 Å². The lowest BCUT2D eigenvalue weighted by molar-refractivity contribution is -0.133. The average molecular weight is 264 g/mol. The Labute approximate surface area is 115 Å². The summed E-state index contributed by atoms with van der Waals surface area (Å²) in [5, 5.41) is 21.5. The van der Waals surface area contributed by atoms with E-state index in [2.05, 4.69) is 0 Å². The van der Waals surface area contributed by atoms with E-state index < -0.39 is 11.2 Å². The highest BCUT2D eigenvalue weighted by atomic mass is 16.5. The second-order valence-corrected chi connectivity index (χ2v) is 6.03. The molecule has 1 aliphatic rings. The molecule has 0 amide bonds. The molecule has 19 heavy (non-hydrogen) atoms. The monoisotopic (exact) mass is 264 g/mol. The molecular formula is C16H24O3. The molecule has 0 bridgehead atoms. The fourth-order valence-electron chi connectivity index (χ4n) is 3.33. The van der Waals surface area contributed by atoms with Crippen LogP contribution in [0.15, 0.2) is 24.3 Å². The molecule has 0 unspecified atom stereocenters. The van der Waals surface area contributed by atoms with Gasteiger partial charge in [0.1, 0.15) is 5.75 Å². The molecule has 0 heterocycles. The van der Waals surface area contributed by atoms with Crippen LogP contribution in [0.25, 0.3) is 0 Å². The maximum absolute atomic E-state index is 10.9. The van der Waals surface area contributed by atoms with Crippen LogP contribution in [0.3, 0.4) is 0 Å². The molecule has 0 aromatic heterocycles. The van der Waals surface area contributed by atoms with Gasteiger partial charge in [0, 0.05) is 5.92 Å². The number of ether oxygens (including phenoxy) is 1. The minimum Gasteiger partial charge on any atom is -0.497 e. The van der Waals surface area contributed by atoms with Gasteiger partial charge in [-0.3, -0.25) is 0 Å². The third kappa shape index (κ3) is 2.77. The van der Waals surface area contributed by atoms with Gasteiger partial charge >= 0.3 is 0 Å². The van der Waals surface area contributed by atoms with Gasteiger partial charge in [0.15, 0.2) is 0 Å². The van der Waals surface area contributed by atoms with Crippen molar-refractivity contribution < 1.29 is 14.9 Å². The third-order valence-electron chi connectivity index (χ3n) is 4.53. The maximum Gasteiger partial charge on any atom is 0.118 e. The summed E-state index contributed by atoms with van der Waals surface area (Å²) >= 11 is 0. The van der Waals surface area contributed by atoms with Crippen LogP contribution in [0.1, 0.15) is 45.1 Å². The lowest BCUT2D eigenvalue weighted by Crippen LogP contribution is -2.48. The summed E-state index contributed by atoms with van der Waals surface area (Å²) in [5.74, 6) is 0.636. The molecule has 2 N–H and O–H groups in total. The molecule has 1 aromatic carbocycles. The predicted molar refractivity (Wildman–Crippen MR) is 75.1 cm³/mol. The number of hydrogen-bond donors (Lipinski definition) is 2. The lowest BCUT2D eigenvalue weighted by Gasteiger charge is -2.45. The highest BCUT2D eigenvalue weighted by Crippen LogP contribution is 2.44. The van der Waals surface area contributed by atoms with E-state index in [1.54, 1.807) is 14.0 Å². The second-order valence-electron chi connectivity index (χ2n) is 6.03. The molecule has 1 aliphatic carbocycles. The predicted octanol–water partition coefficient (Wildman–Crippen LogP) is 2.84. The van der Waals surface area contributed by atoms with E-state index in [0.717, 1.165) is 37.0 Å². The smallest absolute Gasteiger partial charge is 0.118 e. The fourth-order valence-corrected chi connectivity index (χ4v) is 3.33. The van der Waals surface area contributed by atoms with Gasteiger partial charge in [-0.15, -0.1) is 0 Å². The summed E-state index contributed by atoms with van der Waals surface area (Å²) in [7, 11) is 1.62. The first-order valence-electron chi connectivity index (χ1n) is 6.97.